The molecule has 0 saturated heterocycles. The normalized spacial score (nSPS) is 9.78. The van der Waals surface area contributed by atoms with Crippen molar-refractivity contribution >= 4 is 23.3 Å². The Balaban J connectivity index is 3.70. The molecule has 0 aliphatic carbocycles. The van der Waals surface area contributed by atoms with Crippen molar-refractivity contribution in [2.24, 2.45) is 0 Å². The Morgan fingerprint density at radius 1 is 0.944 bits per heavy atom. The van der Waals surface area contributed by atoms with Crippen LogP contribution in [0.4, 0.5) is 17.1 Å². The molecular weight excluding hydrogens is 250 g/mol. The summed E-state index contributed by atoms with van der Waals surface area (Å²) in [5.41, 5.74) is -3.59. The van der Waals surface area contributed by atoms with Crippen LogP contribution in [0.15, 0.2) is 12.1 Å². The average Bonchev–Trinajstić information content (AvgIpc) is 2.27. The molecule has 0 bridgehead atoms. The van der Waals surface area contributed by atoms with Gasteiger partial charge in [-0.3, -0.25) is 35.1 Å². The fourth-order valence-corrected chi connectivity index (χ4v) is 1.36. The van der Waals surface area contributed by atoms with Crippen LogP contribution in [-0.2, 0) is 11.2 Å². The first-order valence-corrected chi connectivity index (χ1v) is 4.34. The molecule has 0 amide bonds. The van der Waals surface area contributed by atoms with Crippen LogP contribution in [0.1, 0.15) is 5.56 Å². The lowest BCUT2D eigenvalue weighted by molar-refractivity contribution is -0.441. The Bertz CT molecular complexity index is 554. The van der Waals surface area contributed by atoms with E-state index in [1.807, 2.05) is 0 Å². The largest absolute Gasteiger partial charge is 0.422 e. The quantitative estimate of drug-likeness (QED) is 0.563. The summed E-state index contributed by atoms with van der Waals surface area (Å²) in [5, 5.41) is 32.0. The zero-order valence-corrected chi connectivity index (χ0v) is 8.56. The number of rotatable bonds is 5. The van der Waals surface area contributed by atoms with Gasteiger partial charge < -0.3 is 0 Å². The summed E-state index contributed by atoms with van der Waals surface area (Å²) in [5.74, 6) is 0. The van der Waals surface area contributed by atoms with Crippen molar-refractivity contribution in [2.45, 2.75) is 6.42 Å². The van der Waals surface area contributed by atoms with Gasteiger partial charge in [0.1, 0.15) is 0 Å². The molecule has 0 aliphatic rings. The van der Waals surface area contributed by atoms with Gasteiger partial charge in [-0.25, -0.2) is 0 Å². The minimum Gasteiger partial charge on any atom is -0.291 e. The highest BCUT2D eigenvalue weighted by molar-refractivity contribution is 5.72. The SMILES string of the molecule is O=[C]Cc1ccc([N+](=O)[O-])c([N+](=O)[O-])c1[N+](=O)[O-]. The molecule has 0 saturated carbocycles. The van der Waals surface area contributed by atoms with Gasteiger partial charge in [-0.05, 0) is 6.07 Å². The van der Waals surface area contributed by atoms with E-state index in [1.165, 1.54) is 6.29 Å². The molecule has 0 unspecified atom stereocenters. The molecule has 0 aliphatic heterocycles. The van der Waals surface area contributed by atoms with Crippen molar-refractivity contribution < 1.29 is 19.6 Å². The van der Waals surface area contributed by atoms with Crippen molar-refractivity contribution in [1.29, 1.82) is 0 Å². The average molecular weight is 254 g/mol. The molecule has 0 heterocycles. The fourth-order valence-electron chi connectivity index (χ4n) is 1.36. The van der Waals surface area contributed by atoms with Gasteiger partial charge in [0.2, 0.25) is 6.29 Å². The summed E-state index contributed by atoms with van der Waals surface area (Å²) >= 11 is 0. The molecule has 0 aromatic heterocycles. The van der Waals surface area contributed by atoms with Crippen LogP contribution in [0, 0.1) is 30.3 Å². The third-order valence-corrected chi connectivity index (χ3v) is 2.04. The highest BCUT2D eigenvalue weighted by Crippen LogP contribution is 2.38. The van der Waals surface area contributed by atoms with Crippen LogP contribution in [0.2, 0.25) is 0 Å². The maximum Gasteiger partial charge on any atom is 0.422 e. The van der Waals surface area contributed by atoms with Crippen LogP contribution in [0.3, 0.4) is 0 Å². The summed E-state index contributed by atoms with van der Waals surface area (Å²) in [6.07, 6.45) is 0.787. The second-order valence-electron chi connectivity index (χ2n) is 3.03. The third kappa shape index (κ3) is 2.26. The fraction of sp³-hybridized carbons (Fsp3) is 0.125. The number of nitro benzene ring substituents is 3. The molecular formula is C8H4N3O7. The van der Waals surface area contributed by atoms with Gasteiger partial charge in [0.25, 0.3) is 0 Å². The van der Waals surface area contributed by atoms with Gasteiger partial charge >= 0.3 is 17.1 Å². The summed E-state index contributed by atoms with van der Waals surface area (Å²) in [6, 6.07) is 1.67. The van der Waals surface area contributed by atoms with Gasteiger partial charge in [0.05, 0.1) is 14.8 Å². The standard InChI is InChI=1S/C8H4N3O7/c12-4-3-5-1-2-6(9(13)14)8(11(17)18)7(5)10(15)16/h1-2H,3H2. The van der Waals surface area contributed by atoms with Gasteiger partial charge in [-0.15, -0.1) is 0 Å². The van der Waals surface area contributed by atoms with Gasteiger partial charge in [-0.2, -0.15) is 0 Å². The van der Waals surface area contributed by atoms with E-state index >= 15 is 0 Å². The summed E-state index contributed by atoms with van der Waals surface area (Å²) in [4.78, 5) is 38.8. The topological polar surface area (TPSA) is 146 Å². The molecule has 93 valence electrons. The minimum absolute atomic E-state index is 0.299. The zero-order chi connectivity index (χ0) is 13.9. The summed E-state index contributed by atoms with van der Waals surface area (Å²) < 4.78 is 0. The van der Waals surface area contributed by atoms with Crippen LogP contribution in [0.25, 0.3) is 0 Å². The van der Waals surface area contributed by atoms with Crippen molar-refractivity contribution in [3.63, 3.8) is 0 Å². The van der Waals surface area contributed by atoms with Crippen LogP contribution in [0.5, 0.6) is 0 Å². The monoisotopic (exact) mass is 254 g/mol. The van der Waals surface area contributed by atoms with Crippen molar-refractivity contribution in [2.75, 3.05) is 0 Å². The van der Waals surface area contributed by atoms with Crippen molar-refractivity contribution in [1.82, 2.24) is 0 Å². The molecule has 18 heavy (non-hydrogen) atoms. The minimum atomic E-state index is -1.24. The van der Waals surface area contributed by atoms with Crippen molar-refractivity contribution in [3.05, 3.63) is 48.0 Å². The highest BCUT2D eigenvalue weighted by atomic mass is 16.6. The van der Waals surface area contributed by atoms with E-state index in [4.69, 9.17) is 0 Å². The van der Waals surface area contributed by atoms with Gasteiger partial charge in [0, 0.05) is 18.1 Å². The summed E-state index contributed by atoms with van der Waals surface area (Å²) in [7, 11) is 0. The van der Waals surface area contributed by atoms with Gasteiger partial charge in [0.15, 0.2) is 0 Å². The molecule has 0 spiro atoms. The van der Waals surface area contributed by atoms with E-state index in [9.17, 15) is 35.1 Å². The first-order chi connectivity index (χ1) is 8.40. The van der Waals surface area contributed by atoms with E-state index < -0.39 is 38.3 Å². The van der Waals surface area contributed by atoms with E-state index in [0.717, 1.165) is 12.1 Å². The zero-order valence-electron chi connectivity index (χ0n) is 8.56. The lowest BCUT2D eigenvalue weighted by Crippen LogP contribution is -2.05. The van der Waals surface area contributed by atoms with E-state index in [2.05, 4.69) is 0 Å². The number of hydrogen-bond donors (Lipinski definition) is 0. The molecule has 0 atom stereocenters. The van der Waals surface area contributed by atoms with Gasteiger partial charge in [-0.1, -0.05) is 0 Å². The molecule has 10 nitrogen and oxygen atoms in total. The number of carbonyl (C=O) groups excluding carboxylic acids is 1. The highest BCUT2D eigenvalue weighted by Gasteiger charge is 2.38. The maximum atomic E-state index is 10.7. The second kappa shape index (κ2) is 4.95. The Hall–Kier alpha value is -2.91. The smallest absolute Gasteiger partial charge is 0.291 e. The van der Waals surface area contributed by atoms with Crippen molar-refractivity contribution in [3.8, 4) is 0 Å². The predicted octanol–water partition coefficient (Wildman–Crippen LogP) is 1.06. The Kier molecular flexibility index (Phi) is 3.62. The first kappa shape index (κ1) is 13.2. The van der Waals surface area contributed by atoms with Crippen LogP contribution in [-0.4, -0.2) is 21.1 Å². The predicted molar refractivity (Wildman–Crippen MR) is 55.8 cm³/mol. The lowest BCUT2D eigenvalue weighted by Gasteiger charge is -2.00. The number of nitro groups is 3. The lowest BCUT2D eigenvalue weighted by atomic mass is 10.1. The molecule has 1 aromatic rings. The van der Waals surface area contributed by atoms with E-state index in [-0.39, 0.29) is 5.56 Å². The molecule has 1 aromatic carbocycles. The first-order valence-electron chi connectivity index (χ1n) is 4.34. The molecule has 1 radical (unpaired) electrons. The second-order valence-corrected chi connectivity index (χ2v) is 3.03. The molecule has 0 N–H and O–H groups in total. The number of nitrogens with zero attached hydrogens (tertiary/aromatic N) is 3. The van der Waals surface area contributed by atoms with E-state index in [0.29, 0.717) is 0 Å². The molecule has 10 heteroatoms. The Morgan fingerprint density at radius 2 is 1.50 bits per heavy atom. The Labute approximate surface area is 98.3 Å². The van der Waals surface area contributed by atoms with Crippen LogP contribution >= 0.6 is 0 Å². The number of hydrogen-bond acceptors (Lipinski definition) is 7. The van der Waals surface area contributed by atoms with Crippen LogP contribution < -0.4 is 0 Å². The molecule has 1 rings (SSSR count). The Morgan fingerprint density at radius 3 is 1.89 bits per heavy atom. The third-order valence-electron chi connectivity index (χ3n) is 2.04. The number of benzene rings is 1. The molecule has 0 fully saturated rings. The van der Waals surface area contributed by atoms with E-state index in [1.54, 1.807) is 0 Å². The summed E-state index contributed by atoms with van der Waals surface area (Å²) in [6.45, 7) is 0. The maximum absolute atomic E-state index is 10.7.